The van der Waals surface area contributed by atoms with E-state index < -0.39 is 0 Å². The Morgan fingerprint density at radius 1 is 1.18 bits per heavy atom. The lowest BCUT2D eigenvalue weighted by atomic mass is 10.1. The average molecular weight is 296 g/mol. The first-order valence-corrected chi connectivity index (χ1v) is 7.43. The topological polar surface area (TPSA) is 55.0 Å². The Hall–Kier alpha value is -2.54. The van der Waals surface area contributed by atoms with Crippen LogP contribution in [0.25, 0.3) is 11.3 Å². The van der Waals surface area contributed by atoms with E-state index in [1.54, 1.807) is 10.6 Å². The normalized spacial score (nSPS) is 10.5. The van der Waals surface area contributed by atoms with E-state index in [9.17, 15) is 4.79 Å². The van der Waals surface area contributed by atoms with Crippen molar-refractivity contribution in [3.63, 3.8) is 0 Å². The van der Waals surface area contributed by atoms with Crippen molar-refractivity contribution in [1.29, 1.82) is 5.26 Å². The smallest absolute Gasteiger partial charge is 0.255 e. The Morgan fingerprint density at radius 3 is 2.41 bits per heavy atom. The molecule has 0 N–H and O–H groups in total. The molecule has 0 fully saturated rings. The lowest BCUT2D eigenvalue weighted by molar-refractivity contribution is 0.242. The molecule has 0 amide bonds. The predicted molar refractivity (Wildman–Crippen MR) is 86.9 cm³/mol. The van der Waals surface area contributed by atoms with E-state index in [0.29, 0.717) is 12.1 Å². The van der Waals surface area contributed by atoms with Crippen molar-refractivity contribution in [3.05, 3.63) is 52.3 Å². The summed E-state index contributed by atoms with van der Waals surface area (Å²) in [6, 6.07) is 13.4. The Bertz CT molecular complexity index is 737. The summed E-state index contributed by atoms with van der Waals surface area (Å²) >= 11 is 0. The zero-order valence-electron chi connectivity index (χ0n) is 13.2. The third-order valence-electron chi connectivity index (χ3n) is 3.36. The van der Waals surface area contributed by atoms with E-state index in [0.717, 1.165) is 17.0 Å². The second-order valence-electron chi connectivity index (χ2n) is 5.32. The second-order valence-corrected chi connectivity index (χ2v) is 5.32. The molecule has 0 atom stereocenters. The maximum Gasteiger partial charge on any atom is 0.255 e. The lowest BCUT2D eigenvalue weighted by Gasteiger charge is -2.14. The molecule has 0 saturated heterocycles. The number of hydrogen-bond acceptors (Lipinski definition) is 3. The highest BCUT2D eigenvalue weighted by Crippen LogP contribution is 2.22. The van der Waals surface area contributed by atoms with E-state index in [-0.39, 0.29) is 18.1 Å². The van der Waals surface area contributed by atoms with Gasteiger partial charge < -0.3 is 9.30 Å². The highest BCUT2D eigenvalue weighted by Gasteiger charge is 2.09. The van der Waals surface area contributed by atoms with Crippen molar-refractivity contribution >= 4 is 0 Å². The molecule has 0 aliphatic carbocycles. The van der Waals surface area contributed by atoms with Crippen LogP contribution in [0, 0.1) is 11.3 Å². The number of pyridine rings is 1. The molecule has 22 heavy (non-hydrogen) atoms. The van der Waals surface area contributed by atoms with Gasteiger partial charge in [-0.2, -0.15) is 5.26 Å². The average Bonchev–Trinajstić information content (AvgIpc) is 2.49. The van der Waals surface area contributed by atoms with E-state index in [1.807, 2.05) is 57.2 Å². The third kappa shape index (κ3) is 3.37. The van der Waals surface area contributed by atoms with Crippen molar-refractivity contribution in [2.45, 2.75) is 39.8 Å². The van der Waals surface area contributed by atoms with Crippen molar-refractivity contribution in [1.82, 2.24) is 4.57 Å². The first-order chi connectivity index (χ1) is 10.6. The summed E-state index contributed by atoms with van der Waals surface area (Å²) in [6.45, 7) is 6.46. The quantitative estimate of drug-likeness (QED) is 0.850. The number of rotatable bonds is 5. The summed E-state index contributed by atoms with van der Waals surface area (Å²) in [7, 11) is 0. The number of nitriles is 1. The molecule has 2 rings (SSSR count). The molecular formula is C18H20N2O2. The largest absolute Gasteiger partial charge is 0.491 e. The van der Waals surface area contributed by atoms with Crippen molar-refractivity contribution in [2.24, 2.45) is 0 Å². The SMILES string of the molecule is CCn1c(-c2ccc(OC(C)C)cc2)ccc(CC#N)c1=O. The van der Waals surface area contributed by atoms with Crippen LogP contribution in [0.3, 0.4) is 0 Å². The van der Waals surface area contributed by atoms with Gasteiger partial charge in [0.15, 0.2) is 0 Å². The van der Waals surface area contributed by atoms with Crippen LogP contribution >= 0.6 is 0 Å². The molecule has 4 heteroatoms. The van der Waals surface area contributed by atoms with Crippen LogP contribution in [0.15, 0.2) is 41.2 Å². The minimum Gasteiger partial charge on any atom is -0.491 e. The molecule has 0 aliphatic heterocycles. The molecule has 1 aromatic carbocycles. The molecule has 0 spiro atoms. The van der Waals surface area contributed by atoms with Crippen molar-refractivity contribution in [3.8, 4) is 23.1 Å². The van der Waals surface area contributed by atoms with Gasteiger partial charge in [-0.15, -0.1) is 0 Å². The molecule has 114 valence electrons. The molecular weight excluding hydrogens is 276 g/mol. The van der Waals surface area contributed by atoms with Gasteiger partial charge >= 0.3 is 0 Å². The molecule has 1 heterocycles. The molecule has 1 aromatic heterocycles. The van der Waals surface area contributed by atoms with Crippen LogP contribution < -0.4 is 10.3 Å². The lowest BCUT2D eigenvalue weighted by Crippen LogP contribution is -2.24. The molecule has 2 aromatic rings. The van der Waals surface area contributed by atoms with E-state index in [4.69, 9.17) is 10.00 Å². The standard InChI is InChI=1S/C18H20N2O2/c1-4-20-17(10-7-15(11-12-19)18(20)21)14-5-8-16(9-6-14)22-13(2)3/h5-10,13H,4,11H2,1-3H3. The van der Waals surface area contributed by atoms with E-state index >= 15 is 0 Å². The van der Waals surface area contributed by atoms with Crippen LogP contribution in [-0.2, 0) is 13.0 Å². The van der Waals surface area contributed by atoms with Crippen molar-refractivity contribution in [2.75, 3.05) is 0 Å². The summed E-state index contributed by atoms with van der Waals surface area (Å²) in [5.41, 5.74) is 2.25. The van der Waals surface area contributed by atoms with Gasteiger partial charge in [0.25, 0.3) is 5.56 Å². The monoisotopic (exact) mass is 296 g/mol. The minimum atomic E-state index is -0.0935. The summed E-state index contributed by atoms with van der Waals surface area (Å²) < 4.78 is 7.33. The fraction of sp³-hybridized carbons (Fsp3) is 0.333. The maximum absolute atomic E-state index is 12.4. The number of nitrogens with zero attached hydrogens (tertiary/aromatic N) is 2. The van der Waals surface area contributed by atoms with Gasteiger partial charge in [-0.05, 0) is 56.7 Å². The Kier molecular flexibility index (Phi) is 5.00. The van der Waals surface area contributed by atoms with Gasteiger partial charge in [0.1, 0.15) is 5.75 Å². The fourth-order valence-electron chi connectivity index (χ4n) is 2.39. The number of benzene rings is 1. The zero-order valence-corrected chi connectivity index (χ0v) is 13.2. The van der Waals surface area contributed by atoms with Gasteiger partial charge in [-0.25, -0.2) is 0 Å². The van der Waals surface area contributed by atoms with Gasteiger partial charge in [0.05, 0.1) is 24.3 Å². The molecule has 0 saturated carbocycles. The van der Waals surface area contributed by atoms with Crippen molar-refractivity contribution < 1.29 is 4.74 Å². The Morgan fingerprint density at radius 2 is 1.86 bits per heavy atom. The molecule has 4 nitrogen and oxygen atoms in total. The highest BCUT2D eigenvalue weighted by atomic mass is 16.5. The van der Waals surface area contributed by atoms with Crippen LogP contribution in [-0.4, -0.2) is 10.7 Å². The molecule has 0 bridgehead atoms. The minimum absolute atomic E-state index is 0.0935. The fourth-order valence-corrected chi connectivity index (χ4v) is 2.39. The number of ether oxygens (including phenoxy) is 1. The summed E-state index contributed by atoms with van der Waals surface area (Å²) in [5.74, 6) is 0.810. The van der Waals surface area contributed by atoms with Crippen LogP contribution in [0.2, 0.25) is 0 Å². The van der Waals surface area contributed by atoms with Crippen LogP contribution in [0.4, 0.5) is 0 Å². The number of aromatic nitrogens is 1. The van der Waals surface area contributed by atoms with E-state index in [1.165, 1.54) is 0 Å². The van der Waals surface area contributed by atoms with Gasteiger partial charge in [0.2, 0.25) is 0 Å². The molecule has 0 aliphatic rings. The third-order valence-corrected chi connectivity index (χ3v) is 3.36. The summed E-state index contributed by atoms with van der Waals surface area (Å²) in [6.07, 6.45) is 0.269. The maximum atomic E-state index is 12.4. The summed E-state index contributed by atoms with van der Waals surface area (Å²) in [5, 5.41) is 8.78. The van der Waals surface area contributed by atoms with Crippen LogP contribution in [0.5, 0.6) is 5.75 Å². The number of hydrogen-bond donors (Lipinski definition) is 0. The Balaban J connectivity index is 2.42. The second kappa shape index (κ2) is 6.95. The highest BCUT2D eigenvalue weighted by molar-refractivity contribution is 5.61. The van der Waals surface area contributed by atoms with Gasteiger partial charge in [-0.3, -0.25) is 4.79 Å². The summed E-state index contributed by atoms with van der Waals surface area (Å²) in [4.78, 5) is 12.4. The first-order valence-electron chi connectivity index (χ1n) is 7.43. The van der Waals surface area contributed by atoms with Gasteiger partial charge in [-0.1, -0.05) is 6.07 Å². The molecule has 0 unspecified atom stereocenters. The predicted octanol–water partition coefficient (Wildman–Crippen LogP) is 3.39. The molecule has 0 radical (unpaired) electrons. The van der Waals surface area contributed by atoms with Gasteiger partial charge in [0, 0.05) is 12.1 Å². The zero-order chi connectivity index (χ0) is 16.1. The van der Waals surface area contributed by atoms with Crippen LogP contribution in [0.1, 0.15) is 26.3 Å². The Labute approximate surface area is 130 Å². The first kappa shape index (κ1) is 15.8. The van der Waals surface area contributed by atoms with E-state index in [2.05, 4.69) is 0 Å².